The fourth-order valence-corrected chi connectivity index (χ4v) is 5.07. The summed E-state index contributed by atoms with van der Waals surface area (Å²) in [5.41, 5.74) is -0.101. The molecule has 0 bridgehead atoms. The molecule has 1 fully saturated rings. The van der Waals surface area contributed by atoms with Crippen LogP contribution in [-0.4, -0.2) is 34.2 Å². The summed E-state index contributed by atoms with van der Waals surface area (Å²) in [5.74, 6) is -1.39. The van der Waals surface area contributed by atoms with E-state index in [0.29, 0.717) is 29.7 Å². The second kappa shape index (κ2) is 9.95. The van der Waals surface area contributed by atoms with E-state index in [1.54, 1.807) is 19.1 Å². The Balaban J connectivity index is 1.77. The smallest absolute Gasteiger partial charge is 0.478 e. The van der Waals surface area contributed by atoms with E-state index in [2.05, 4.69) is 12.2 Å². The summed E-state index contributed by atoms with van der Waals surface area (Å²) in [6.45, 7) is 7.93. The van der Waals surface area contributed by atoms with Crippen LogP contribution >= 0.6 is 0 Å². The van der Waals surface area contributed by atoms with E-state index in [1.807, 2.05) is 13.8 Å². The van der Waals surface area contributed by atoms with Crippen molar-refractivity contribution in [2.24, 2.45) is 17.8 Å². The van der Waals surface area contributed by atoms with Crippen LogP contribution < -0.4 is 11.1 Å². The quantitative estimate of drug-likeness (QED) is 0.552. The van der Waals surface area contributed by atoms with Gasteiger partial charge in [0.15, 0.2) is 5.76 Å². The molecule has 1 aliphatic rings. The highest BCUT2D eigenvalue weighted by atomic mass is 16.6. The second-order valence-electron chi connectivity index (χ2n) is 9.53. The topological polar surface area (TPSA) is 130 Å². The van der Waals surface area contributed by atoms with E-state index < -0.39 is 17.4 Å². The molecule has 1 amide bonds. The fraction of sp³-hybridized carbons (Fsp3) is 0.560. The van der Waals surface area contributed by atoms with Crippen molar-refractivity contribution in [2.45, 2.75) is 65.4 Å². The number of amides is 1. The predicted molar refractivity (Wildman–Crippen MR) is 121 cm³/mol. The summed E-state index contributed by atoms with van der Waals surface area (Å²) >= 11 is 0. The molecule has 0 aliphatic heterocycles. The van der Waals surface area contributed by atoms with Crippen molar-refractivity contribution in [3.63, 3.8) is 0 Å². The lowest BCUT2D eigenvalue weighted by Gasteiger charge is -2.43. The first-order valence-electron chi connectivity index (χ1n) is 11.5. The first-order chi connectivity index (χ1) is 15.5. The van der Waals surface area contributed by atoms with Crippen LogP contribution in [0.25, 0.3) is 0 Å². The maximum atomic E-state index is 13.1. The van der Waals surface area contributed by atoms with Gasteiger partial charge in [0.05, 0.1) is 5.56 Å². The maximum absolute atomic E-state index is 13.1. The molecule has 180 valence electrons. The highest BCUT2D eigenvalue weighted by Gasteiger charge is 2.48. The van der Waals surface area contributed by atoms with Crippen molar-refractivity contribution in [1.29, 1.82) is 0 Å². The average Bonchev–Trinajstić information content (AvgIpc) is 3.05. The third-order valence-electron chi connectivity index (χ3n) is 6.80. The number of benzene rings is 1. The van der Waals surface area contributed by atoms with Gasteiger partial charge in [-0.2, -0.15) is 0 Å². The van der Waals surface area contributed by atoms with Crippen molar-refractivity contribution in [3.05, 3.63) is 57.0 Å². The molecule has 8 nitrogen and oxygen atoms in total. The van der Waals surface area contributed by atoms with Gasteiger partial charge in [0.1, 0.15) is 11.4 Å². The molecule has 3 rings (SSSR count). The number of rotatable bonds is 8. The van der Waals surface area contributed by atoms with Crippen LogP contribution in [-0.2, 0) is 17.6 Å². The van der Waals surface area contributed by atoms with Gasteiger partial charge in [-0.05, 0) is 61.1 Å². The van der Waals surface area contributed by atoms with Crippen molar-refractivity contribution < 1.29 is 28.6 Å². The molecule has 2 aromatic rings. The summed E-state index contributed by atoms with van der Waals surface area (Å²) < 4.78 is 9.97. The van der Waals surface area contributed by atoms with Crippen LogP contribution in [0.2, 0.25) is 0 Å². The minimum atomic E-state index is -1.41. The van der Waals surface area contributed by atoms with E-state index in [4.69, 9.17) is 8.83 Å². The van der Waals surface area contributed by atoms with Crippen LogP contribution in [0.1, 0.15) is 73.0 Å². The molecule has 0 unspecified atom stereocenters. The van der Waals surface area contributed by atoms with Gasteiger partial charge >= 0.3 is 11.8 Å². The number of hydrogen-bond donors (Lipinski definition) is 3. The van der Waals surface area contributed by atoms with Crippen molar-refractivity contribution in [3.8, 4) is 0 Å². The summed E-state index contributed by atoms with van der Waals surface area (Å²) in [5, 5.41) is 23.8. The number of aromatic carboxylic acids is 1. The third-order valence-corrected chi connectivity index (χ3v) is 6.80. The lowest BCUT2D eigenvalue weighted by atomic mass is 9.66. The normalized spacial score (nSPS) is 23.0. The van der Waals surface area contributed by atoms with E-state index >= 15 is 0 Å². The van der Waals surface area contributed by atoms with Gasteiger partial charge < -0.3 is 24.4 Å². The first kappa shape index (κ1) is 24.8. The molecule has 0 spiro atoms. The van der Waals surface area contributed by atoms with Gasteiger partial charge in [-0.3, -0.25) is 4.79 Å². The molecule has 3 N–H and O–H groups in total. The van der Waals surface area contributed by atoms with E-state index in [1.165, 1.54) is 6.07 Å². The molecular weight excluding hydrogens is 426 g/mol. The van der Waals surface area contributed by atoms with Crippen LogP contribution in [0.15, 0.2) is 31.8 Å². The average molecular weight is 460 g/mol. The summed E-state index contributed by atoms with van der Waals surface area (Å²) in [7, 11) is 0. The number of nitrogens with one attached hydrogen (secondary N) is 1. The Morgan fingerprint density at radius 3 is 2.58 bits per heavy atom. The summed E-state index contributed by atoms with van der Waals surface area (Å²) in [4.78, 5) is 36.3. The lowest BCUT2D eigenvalue weighted by Crippen LogP contribution is -2.56. The Morgan fingerprint density at radius 1 is 1.24 bits per heavy atom. The number of aliphatic hydroxyl groups is 1. The van der Waals surface area contributed by atoms with Crippen LogP contribution in [0.3, 0.4) is 0 Å². The first-order valence-corrected chi connectivity index (χ1v) is 11.5. The number of carbonyl (C=O) groups is 2. The molecule has 1 aromatic carbocycles. The van der Waals surface area contributed by atoms with E-state index in [0.717, 1.165) is 12.8 Å². The maximum Gasteiger partial charge on any atom is 0.519 e. The lowest BCUT2D eigenvalue weighted by molar-refractivity contribution is -0.155. The Morgan fingerprint density at radius 2 is 1.97 bits per heavy atom. The molecule has 8 heteroatoms. The van der Waals surface area contributed by atoms with Crippen LogP contribution in [0, 0.1) is 24.7 Å². The van der Waals surface area contributed by atoms with Crippen LogP contribution in [0.4, 0.5) is 0 Å². The van der Waals surface area contributed by atoms with Crippen molar-refractivity contribution in [2.75, 3.05) is 6.54 Å². The highest BCUT2D eigenvalue weighted by molar-refractivity contribution is 5.90. The Kier molecular flexibility index (Phi) is 7.47. The fourth-order valence-electron chi connectivity index (χ4n) is 5.07. The molecule has 33 heavy (non-hydrogen) atoms. The number of aryl methyl sites for hydroxylation is 1. The Labute approximate surface area is 193 Å². The SMILES string of the molecule is Cc1oc(=O)oc1Cc1c(CCNC(=O)[C@]2(O)C[C@H](C)CC[C@H]2C(C)C)cccc1C(=O)O. The van der Waals surface area contributed by atoms with Crippen molar-refractivity contribution >= 4 is 11.9 Å². The predicted octanol–water partition coefficient (Wildman–Crippen LogP) is 3.31. The molecule has 0 radical (unpaired) electrons. The van der Waals surface area contributed by atoms with Gasteiger partial charge in [0, 0.05) is 13.0 Å². The van der Waals surface area contributed by atoms with E-state index in [-0.39, 0.29) is 48.0 Å². The van der Waals surface area contributed by atoms with E-state index in [9.17, 15) is 24.6 Å². The zero-order valence-corrected chi connectivity index (χ0v) is 19.6. The summed E-state index contributed by atoms with van der Waals surface area (Å²) in [6.07, 6.45) is 2.68. The largest absolute Gasteiger partial charge is 0.519 e. The minimum Gasteiger partial charge on any atom is -0.478 e. The molecular formula is C25H33NO7. The number of carbonyl (C=O) groups excluding carboxylic acids is 1. The number of hydrogen-bond acceptors (Lipinski definition) is 6. The molecule has 1 saturated carbocycles. The monoisotopic (exact) mass is 459 g/mol. The molecule has 1 heterocycles. The Hall–Kier alpha value is -2.87. The summed E-state index contributed by atoms with van der Waals surface area (Å²) in [6, 6.07) is 4.93. The molecule has 1 aliphatic carbocycles. The van der Waals surface area contributed by atoms with Gasteiger partial charge in [-0.1, -0.05) is 39.3 Å². The number of carboxylic acids is 1. The zero-order chi connectivity index (χ0) is 24.3. The third kappa shape index (κ3) is 5.38. The molecule has 1 aromatic heterocycles. The molecule has 0 saturated heterocycles. The van der Waals surface area contributed by atoms with Gasteiger partial charge in [0.25, 0.3) is 5.91 Å². The molecule has 3 atom stereocenters. The zero-order valence-electron chi connectivity index (χ0n) is 19.6. The van der Waals surface area contributed by atoms with Gasteiger partial charge in [0.2, 0.25) is 0 Å². The second-order valence-corrected chi connectivity index (χ2v) is 9.53. The van der Waals surface area contributed by atoms with Gasteiger partial charge in [-0.25, -0.2) is 9.59 Å². The minimum absolute atomic E-state index is 0.0835. The highest BCUT2D eigenvalue weighted by Crippen LogP contribution is 2.41. The number of carboxylic acid groups (broad SMARTS) is 1. The standard InChI is InChI=1S/C25H33NO7/c1-14(2)20-9-8-15(3)13-25(20,31)23(29)26-11-10-17-6-5-7-18(22(27)28)19(17)12-21-16(4)32-24(30)33-21/h5-7,14-15,20,31H,8-13H2,1-4H3,(H,26,29)(H,27,28)/t15-,20+,25+/m1/s1. The van der Waals surface area contributed by atoms with Crippen LogP contribution in [0.5, 0.6) is 0 Å². The Bertz CT molecular complexity index is 1070. The van der Waals surface area contributed by atoms with Crippen molar-refractivity contribution in [1.82, 2.24) is 5.32 Å². The van der Waals surface area contributed by atoms with Gasteiger partial charge in [-0.15, -0.1) is 0 Å².